The van der Waals surface area contributed by atoms with Gasteiger partial charge in [0, 0.05) is 18.2 Å². The SMILES string of the molecule is CC(C)C1CNc2ccc(C(C)(C)C)cc21. The second-order valence-electron chi connectivity index (χ2n) is 6.28. The summed E-state index contributed by atoms with van der Waals surface area (Å²) in [5.74, 6) is 1.39. The van der Waals surface area contributed by atoms with Crippen LogP contribution in [0.3, 0.4) is 0 Å². The van der Waals surface area contributed by atoms with Crippen LogP contribution in [-0.4, -0.2) is 6.54 Å². The van der Waals surface area contributed by atoms with Crippen LogP contribution in [0.25, 0.3) is 0 Å². The summed E-state index contributed by atoms with van der Waals surface area (Å²) >= 11 is 0. The number of anilines is 1. The van der Waals surface area contributed by atoms with Crippen molar-refractivity contribution in [2.75, 3.05) is 11.9 Å². The molecule has 1 N–H and O–H groups in total. The molecule has 88 valence electrons. The van der Waals surface area contributed by atoms with E-state index in [1.165, 1.54) is 16.8 Å². The lowest BCUT2D eigenvalue weighted by Gasteiger charge is -2.21. The minimum atomic E-state index is 0.249. The minimum Gasteiger partial charge on any atom is -0.384 e. The molecule has 2 rings (SSSR count). The number of hydrogen-bond donors (Lipinski definition) is 1. The molecule has 1 nitrogen and oxygen atoms in total. The summed E-state index contributed by atoms with van der Waals surface area (Å²) in [5, 5.41) is 3.51. The Morgan fingerprint density at radius 3 is 2.50 bits per heavy atom. The monoisotopic (exact) mass is 217 g/mol. The van der Waals surface area contributed by atoms with Gasteiger partial charge in [-0.3, -0.25) is 0 Å². The van der Waals surface area contributed by atoms with Gasteiger partial charge in [0.05, 0.1) is 0 Å². The average Bonchev–Trinajstić information content (AvgIpc) is 2.58. The lowest BCUT2D eigenvalue weighted by molar-refractivity contribution is 0.530. The molecule has 1 aromatic rings. The zero-order valence-corrected chi connectivity index (χ0v) is 11.1. The van der Waals surface area contributed by atoms with Crippen molar-refractivity contribution in [2.24, 2.45) is 5.92 Å². The Balaban J connectivity index is 2.41. The molecule has 0 radical (unpaired) electrons. The number of fused-ring (bicyclic) bond motifs is 1. The maximum atomic E-state index is 3.51. The molecule has 0 bridgehead atoms. The van der Waals surface area contributed by atoms with Gasteiger partial charge in [0.2, 0.25) is 0 Å². The van der Waals surface area contributed by atoms with Crippen LogP contribution in [0.1, 0.15) is 51.7 Å². The van der Waals surface area contributed by atoms with E-state index in [-0.39, 0.29) is 5.41 Å². The smallest absolute Gasteiger partial charge is 0.0376 e. The summed E-state index contributed by atoms with van der Waals surface area (Å²) in [6.45, 7) is 12.6. The van der Waals surface area contributed by atoms with Gasteiger partial charge in [0.15, 0.2) is 0 Å². The van der Waals surface area contributed by atoms with Crippen LogP contribution in [0.15, 0.2) is 18.2 Å². The van der Waals surface area contributed by atoms with Crippen molar-refractivity contribution in [1.82, 2.24) is 0 Å². The van der Waals surface area contributed by atoms with Gasteiger partial charge in [-0.1, -0.05) is 46.8 Å². The van der Waals surface area contributed by atoms with Crippen molar-refractivity contribution in [1.29, 1.82) is 0 Å². The number of hydrogen-bond acceptors (Lipinski definition) is 1. The predicted molar refractivity (Wildman–Crippen MR) is 71.2 cm³/mol. The van der Waals surface area contributed by atoms with Gasteiger partial charge in [0.1, 0.15) is 0 Å². The van der Waals surface area contributed by atoms with Crippen LogP contribution in [0.2, 0.25) is 0 Å². The van der Waals surface area contributed by atoms with E-state index >= 15 is 0 Å². The zero-order valence-electron chi connectivity index (χ0n) is 11.1. The number of benzene rings is 1. The van der Waals surface area contributed by atoms with Crippen molar-refractivity contribution < 1.29 is 0 Å². The van der Waals surface area contributed by atoms with Gasteiger partial charge >= 0.3 is 0 Å². The first-order valence-electron chi connectivity index (χ1n) is 6.28. The standard InChI is InChI=1S/C15H23N/c1-10(2)13-9-16-14-7-6-11(8-12(13)14)15(3,4)5/h6-8,10,13,16H,9H2,1-5H3. The summed E-state index contributed by atoms with van der Waals surface area (Å²) < 4.78 is 0. The molecule has 1 heterocycles. The molecule has 0 spiro atoms. The molecule has 1 unspecified atom stereocenters. The van der Waals surface area contributed by atoms with Gasteiger partial charge in [-0.25, -0.2) is 0 Å². The Hall–Kier alpha value is -0.980. The predicted octanol–water partition coefficient (Wildman–Crippen LogP) is 4.15. The molecule has 1 atom stereocenters. The van der Waals surface area contributed by atoms with E-state index in [1.54, 1.807) is 0 Å². The molecule has 1 heteroatoms. The van der Waals surface area contributed by atoms with Crippen molar-refractivity contribution in [3.05, 3.63) is 29.3 Å². The lowest BCUT2D eigenvalue weighted by atomic mass is 9.83. The van der Waals surface area contributed by atoms with E-state index < -0.39 is 0 Å². The van der Waals surface area contributed by atoms with Gasteiger partial charge in [-0.15, -0.1) is 0 Å². The van der Waals surface area contributed by atoms with Crippen molar-refractivity contribution in [3.63, 3.8) is 0 Å². The molecule has 0 fully saturated rings. The van der Waals surface area contributed by atoms with Crippen LogP contribution in [0, 0.1) is 5.92 Å². The van der Waals surface area contributed by atoms with Crippen LogP contribution < -0.4 is 5.32 Å². The molecule has 0 saturated heterocycles. The molecule has 0 aliphatic carbocycles. The summed E-state index contributed by atoms with van der Waals surface area (Å²) in [6, 6.07) is 6.91. The topological polar surface area (TPSA) is 12.0 Å². The highest BCUT2D eigenvalue weighted by atomic mass is 14.9. The number of rotatable bonds is 1. The molecular weight excluding hydrogens is 194 g/mol. The fourth-order valence-electron chi connectivity index (χ4n) is 2.42. The van der Waals surface area contributed by atoms with Crippen LogP contribution in [-0.2, 0) is 5.41 Å². The highest BCUT2D eigenvalue weighted by molar-refractivity contribution is 5.59. The summed E-state index contributed by atoms with van der Waals surface area (Å²) in [6.07, 6.45) is 0. The fraction of sp³-hybridized carbons (Fsp3) is 0.600. The molecule has 0 saturated carbocycles. The first-order chi connectivity index (χ1) is 7.39. The summed E-state index contributed by atoms with van der Waals surface area (Å²) in [7, 11) is 0. The Labute approximate surface area is 99.3 Å². The molecule has 16 heavy (non-hydrogen) atoms. The molecule has 0 aromatic heterocycles. The Bertz CT molecular complexity index is 385. The van der Waals surface area contributed by atoms with Gasteiger partial charge in [0.25, 0.3) is 0 Å². The van der Waals surface area contributed by atoms with E-state index in [9.17, 15) is 0 Å². The highest BCUT2D eigenvalue weighted by Gasteiger charge is 2.26. The van der Waals surface area contributed by atoms with Crippen LogP contribution in [0.5, 0.6) is 0 Å². The molecular formula is C15H23N. The van der Waals surface area contributed by atoms with E-state index in [2.05, 4.69) is 58.1 Å². The number of nitrogens with one attached hydrogen (secondary N) is 1. The normalized spacial score (nSPS) is 19.8. The van der Waals surface area contributed by atoms with Gasteiger partial charge < -0.3 is 5.32 Å². The summed E-state index contributed by atoms with van der Waals surface area (Å²) in [4.78, 5) is 0. The van der Waals surface area contributed by atoms with E-state index in [0.717, 1.165) is 6.54 Å². The molecule has 0 amide bonds. The Morgan fingerprint density at radius 2 is 1.94 bits per heavy atom. The van der Waals surface area contributed by atoms with Crippen molar-refractivity contribution >= 4 is 5.69 Å². The maximum Gasteiger partial charge on any atom is 0.0376 e. The first kappa shape index (κ1) is 11.5. The molecule has 1 aromatic carbocycles. The molecule has 1 aliphatic heterocycles. The lowest BCUT2D eigenvalue weighted by Crippen LogP contribution is -2.12. The van der Waals surface area contributed by atoms with Gasteiger partial charge in [-0.2, -0.15) is 0 Å². The minimum absolute atomic E-state index is 0.249. The average molecular weight is 217 g/mol. The second-order valence-corrected chi connectivity index (χ2v) is 6.28. The Kier molecular flexibility index (Phi) is 2.73. The third-order valence-corrected chi connectivity index (χ3v) is 3.63. The quantitative estimate of drug-likeness (QED) is 0.745. The zero-order chi connectivity index (χ0) is 11.9. The highest BCUT2D eigenvalue weighted by Crippen LogP contribution is 2.38. The van der Waals surface area contributed by atoms with Gasteiger partial charge in [-0.05, 0) is 28.5 Å². The largest absolute Gasteiger partial charge is 0.384 e. The summed E-state index contributed by atoms with van der Waals surface area (Å²) in [5.41, 5.74) is 4.55. The Morgan fingerprint density at radius 1 is 1.25 bits per heavy atom. The third-order valence-electron chi connectivity index (χ3n) is 3.63. The van der Waals surface area contributed by atoms with Crippen LogP contribution >= 0.6 is 0 Å². The van der Waals surface area contributed by atoms with E-state index in [1.807, 2.05) is 0 Å². The van der Waals surface area contributed by atoms with E-state index in [4.69, 9.17) is 0 Å². The maximum absolute atomic E-state index is 3.51. The van der Waals surface area contributed by atoms with E-state index in [0.29, 0.717) is 11.8 Å². The first-order valence-corrected chi connectivity index (χ1v) is 6.28. The van der Waals surface area contributed by atoms with Crippen LogP contribution in [0.4, 0.5) is 5.69 Å². The van der Waals surface area contributed by atoms with Crippen molar-refractivity contribution in [2.45, 2.75) is 46.0 Å². The third kappa shape index (κ3) is 1.95. The van der Waals surface area contributed by atoms with Crippen molar-refractivity contribution in [3.8, 4) is 0 Å². The fourth-order valence-corrected chi connectivity index (χ4v) is 2.42. The second kappa shape index (κ2) is 3.80. The molecule has 1 aliphatic rings.